The van der Waals surface area contributed by atoms with E-state index in [1.54, 1.807) is 30.3 Å². The lowest BCUT2D eigenvalue weighted by Gasteiger charge is -2.59. The van der Waals surface area contributed by atoms with Crippen LogP contribution in [-0.4, -0.2) is 33.9 Å². The lowest BCUT2D eigenvalue weighted by atomic mass is 9.50. The minimum atomic E-state index is -0.964. The minimum absolute atomic E-state index is 0.00898. The molecule has 0 aliphatic heterocycles. The first-order valence-corrected chi connectivity index (χ1v) is 21.3. The summed E-state index contributed by atoms with van der Waals surface area (Å²) < 4.78 is 14.3. The van der Waals surface area contributed by atoms with Crippen molar-refractivity contribution in [3.05, 3.63) is 58.7 Å². The van der Waals surface area contributed by atoms with Crippen molar-refractivity contribution in [3.63, 3.8) is 0 Å². The van der Waals surface area contributed by atoms with Gasteiger partial charge >= 0.3 is 11.9 Å². The van der Waals surface area contributed by atoms with Crippen molar-refractivity contribution in [1.29, 1.82) is 0 Å². The number of carboxylic acids is 2. The van der Waals surface area contributed by atoms with Gasteiger partial charge in [0.1, 0.15) is 23.2 Å². The molecule has 0 radical (unpaired) electrons. The molecule has 12 bridgehead atoms. The third-order valence-electron chi connectivity index (χ3n) is 16.2. The van der Waals surface area contributed by atoms with E-state index in [0.29, 0.717) is 40.4 Å². The molecule has 2 aromatic rings. The third-order valence-corrected chi connectivity index (χ3v) is 16.2. The van der Waals surface area contributed by atoms with Crippen LogP contribution in [0, 0.1) is 87.8 Å². The Morgan fingerprint density at radius 3 is 1.48 bits per heavy atom. The molecule has 12 aliphatic rings. The molecule has 0 aromatic heterocycles. The first-order valence-electron chi connectivity index (χ1n) is 21.3. The summed E-state index contributed by atoms with van der Waals surface area (Å²) in [7, 11) is 0. The van der Waals surface area contributed by atoms with E-state index in [1.165, 1.54) is 44.9 Å². The molecular weight excluding hydrogens is 673 g/mol. The monoisotopic (exact) mass is 724 g/mol. The maximum Gasteiger partial charge on any atom is 0.337 e. The molecule has 3 unspecified atom stereocenters. The van der Waals surface area contributed by atoms with Gasteiger partial charge in [-0.3, -0.25) is 0 Å². The number of carboxylic acid groups (broad SMARTS) is 2. The standard InChI is InChI=1S/C48H52O6/c49-44(50)36-1-3-38(4-2-36)54-48-26-34-17-35(27-48)19-37(18-34)43(48)53-42-6-5-41(45(51)52)39(7-9-46-20-28-11-29(21-46)13-30(12-28)22-46)40(42)8-10-47-23-31-14-32(24-47)16-33(15-31)25-47/h1-6,28-35,37,43H,11-27H2,(H,49,50)(H,51,52). The van der Waals surface area contributed by atoms with Crippen molar-refractivity contribution in [3.8, 4) is 35.2 Å². The van der Waals surface area contributed by atoms with Gasteiger partial charge in [-0.15, -0.1) is 0 Å². The number of rotatable bonds is 6. The normalized spacial score (nSPS) is 42.5. The summed E-state index contributed by atoms with van der Waals surface area (Å²) in [5.74, 6) is 20.4. The molecule has 54 heavy (non-hydrogen) atoms. The highest BCUT2D eigenvalue weighted by atomic mass is 16.6. The Morgan fingerprint density at radius 1 is 0.556 bits per heavy atom. The van der Waals surface area contributed by atoms with Gasteiger partial charge in [0, 0.05) is 16.7 Å². The van der Waals surface area contributed by atoms with E-state index in [2.05, 4.69) is 23.7 Å². The molecular formula is C48H52O6. The molecule has 12 fully saturated rings. The number of benzene rings is 2. The first kappa shape index (κ1) is 33.4. The van der Waals surface area contributed by atoms with Crippen molar-refractivity contribution in [1.82, 2.24) is 0 Å². The summed E-state index contributed by atoms with van der Waals surface area (Å²) in [6, 6.07) is 10.4. The average Bonchev–Trinajstić information content (AvgIpc) is 3.10. The minimum Gasteiger partial charge on any atom is -0.485 e. The molecule has 0 saturated heterocycles. The van der Waals surface area contributed by atoms with E-state index >= 15 is 0 Å². The van der Waals surface area contributed by atoms with Crippen LogP contribution >= 0.6 is 0 Å². The fraction of sp³-hybridized carbons (Fsp3) is 0.625. The summed E-state index contributed by atoms with van der Waals surface area (Å²) in [5, 5.41) is 20.2. The highest BCUT2D eigenvalue weighted by Crippen LogP contribution is 2.62. The Kier molecular flexibility index (Phi) is 7.46. The average molecular weight is 725 g/mol. The van der Waals surface area contributed by atoms with Crippen LogP contribution in [0.1, 0.15) is 141 Å². The second kappa shape index (κ2) is 12.0. The number of hydrogen-bond acceptors (Lipinski definition) is 4. The zero-order valence-electron chi connectivity index (χ0n) is 31.3. The van der Waals surface area contributed by atoms with E-state index < -0.39 is 17.5 Å². The molecule has 0 amide bonds. The molecule has 2 N–H and O–H groups in total. The van der Waals surface area contributed by atoms with Crippen LogP contribution in [0.15, 0.2) is 36.4 Å². The molecule has 280 valence electrons. The second-order valence-electron chi connectivity index (χ2n) is 20.2. The van der Waals surface area contributed by atoms with E-state index in [9.17, 15) is 19.8 Å². The van der Waals surface area contributed by atoms with Crippen LogP contribution in [0.5, 0.6) is 11.5 Å². The Labute approximate surface area is 319 Å². The van der Waals surface area contributed by atoms with Gasteiger partial charge in [-0.25, -0.2) is 9.59 Å². The molecule has 6 nitrogen and oxygen atoms in total. The Balaban J connectivity index is 1.01. The molecule has 3 atom stereocenters. The van der Waals surface area contributed by atoms with Gasteiger partial charge in [0.25, 0.3) is 0 Å². The molecule has 14 rings (SSSR count). The van der Waals surface area contributed by atoms with E-state index in [0.717, 1.165) is 99.7 Å². The van der Waals surface area contributed by atoms with E-state index in [4.69, 9.17) is 9.47 Å². The second-order valence-corrected chi connectivity index (χ2v) is 20.2. The quantitative estimate of drug-likeness (QED) is 0.289. The smallest absolute Gasteiger partial charge is 0.337 e. The SMILES string of the molecule is O=C(O)c1ccc(OC23CC4CC(CC(C4)C2Oc2ccc(C(=O)O)c(C#CC45CC6CC(CC(C6)C4)C5)c2C#CC24CC5CC(CC(C5)C2)C4)C3)cc1. The summed E-state index contributed by atoms with van der Waals surface area (Å²) in [6.45, 7) is 0. The van der Waals surface area contributed by atoms with Crippen molar-refractivity contribution in [2.24, 2.45) is 64.1 Å². The van der Waals surface area contributed by atoms with Gasteiger partial charge in [0.2, 0.25) is 0 Å². The van der Waals surface area contributed by atoms with E-state index in [1.807, 2.05) is 6.07 Å². The van der Waals surface area contributed by atoms with Gasteiger partial charge in [0.05, 0.1) is 22.3 Å². The van der Waals surface area contributed by atoms with E-state index in [-0.39, 0.29) is 28.1 Å². The molecule has 2 aromatic carbocycles. The van der Waals surface area contributed by atoms with Gasteiger partial charge in [0.15, 0.2) is 0 Å². The van der Waals surface area contributed by atoms with Crippen LogP contribution in [0.4, 0.5) is 0 Å². The fourth-order valence-corrected chi connectivity index (χ4v) is 15.3. The molecule has 6 heteroatoms. The summed E-state index contributed by atoms with van der Waals surface area (Å²) >= 11 is 0. The lowest BCUT2D eigenvalue weighted by Crippen LogP contribution is -2.65. The van der Waals surface area contributed by atoms with Gasteiger partial charge in [-0.1, -0.05) is 23.7 Å². The van der Waals surface area contributed by atoms with Crippen LogP contribution in [0.3, 0.4) is 0 Å². The summed E-state index contributed by atoms with van der Waals surface area (Å²) in [6.07, 6.45) is 19.9. The van der Waals surface area contributed by atoms with Crippen LogP contribution in [-0.2, 0) is 0 Å². The van der Waals surface area contributed by atoms with Gasteiger partial charge < -0.3 is 19.7 Å². The lowest BCUT2D eigenvalue weighted by molar-refractivity contribution is -0.180. The zero-order chi connectivity index (χ0) is 36.4. The highest BCUT2D eigenvalue weighted by Gasteiger charge is 2.61. The Hall–Kier alpha value is -3.90. The van der Waals surface area contributed by atoms with Crippen molar-refractivity contribution >= 4 is 11.9 Å². The van der Waals surface area contributed by atoms with Gasteiger partial charge in [-0.2, -0.15) is 0 Å². The number of aromatic carboxylic acids is 2. The zero-order valence-corrected chi connectivity index (χ0v) is 31.3. The summed E-state index contributed by atoms with van der Waals surface area (Å²) in [4.78, 5) is 24.7. The number of hydrogen-bond donors (Lipinski definition) is 2. The number of carbonyl (C=O) groups is 2. The number of ether oxygens (including phenoxy) is 2. The van der Waals surface area contributed by atoms with Crippen molar-refractivity contribution in [2.45, 2.75) is 121 Å². The van der Waals surface area contributed by atoms with Crippen LogP contribution < -0.4 is 9.47 Å². The first-order chi connectivity index (χ1) is 26.1. The maximum atomic E-state index is 13.0. The molecule has 0 heterocycles. The topological polar surface area (TPSA) is 93.1 Å². The Morgan fingerprint density at radius 2 is 1.02 bits per heavy atom. The van der Waals surface area contributed by atoms with Gasteiger partial charge in [-0.05, 0) is 193 Å². The predicted octanol–water partition coefficient (Wildman–Crippen LogP) is 9.62. The predicted molar refractivity (Wildman–Crippen MR) is 203 cm³/mol. The Bertz CT molecular complexity index is 1950. The highest BCUT2D eigenvalue weighted by molar-refractivity contribution is 5.92. The fourth-order valence-electron chi connectivity index (χ4n) is 15.3. The molecule has 12 saturated carbocycles. The molecule has 0 spiro atoms. The van der Waals surface area contributed by atoms with Crippen LogP contribution in [0.2, 0.25) is 0 Å². The summed E-state index contributed by atoms with van der Waals surface area (Å²) in [5.41, 5.74) is 1.08. The molecule has 12 aliphatic carbocycles. The third kappa shape index (κ3) is 5.59. The van der Waals surface area contributed by atoms with Crippen molar-refractivity contribution in [2.75, 3.05) is 0 Å². The maximum absolute atomic E-state index is 13.0. The van der Waals surface area contributed by atoms with Crippen LogP contribution in [0.25, 0.3) is 0 Å². The van der Waals surface area contributed by atoms with Crippen molar-refractivity contribution < 1.29 is 29.3 Å². The largest absolute Gasteiger partial charge is 0.485 e.